The van der Waals surface area contributed by atoms with E-state index in [2.05, 4.69) is 33.0 Å². The van der Waals surface area contributed by atoms with E-state index in [0.717, 1.165) is 53.4 Å². The highest BCUT2D eigenvalue weighted by atomic mass is 35.5. The Hall–Kier alpha value is -2.76. The van der Waals surface area contributed by atoms with Gasteiger partial charge in [0, 0.05) is 54.3 Å². The van der Waals surface area contributed by atoms with Gasteiger partial charge in [-0.15, -0.1) is 0 Å². The van der Waals surface area contributed by atoms with Crippen LogP contribution < -0.4 is 9.64 Å². The Balaban J connectivity index is 1.32. The summed E-state index contributed by atoms with van der Waals surface area (Å²) < 4.78 is 11.6. The van der Waals surface area contributed by atoms with Crippen molar-refractivity contribution in [2.75, 3.05) is 38.2 Å². The molecule has 6 rings (SSSR count). The molecule has 0 bridgehead atoms. The van der Waals surface area contributed by atoms with Crippen molar-refractivity contribution in [2.45, 2.75) is 37.6 Å². The fraction of sp³-hybridized carbons (Fsp3) is 0.393. The molecular weight excluding hydrogens is 446 g/mol. The van der Waals surface area contributed by atoms with Crippen molar-refractivity contribution >= 4 is 39.2 Å². The van der Waals surface area contributed by atoms with Gasteiger partial charge in [0.2, 0.25) is 0 Å². The van der Waals surface area contributed by atoms with Crippen molar-refractivity contribution in [3.63, 3.8) is 0 Å². The van der Waals surface area contributed by atoms with Gasteiger partial charge in [0.05, 0.1) is 29.6 Å². The zero-order chi connectivity index (χ0) is 23.1. The molecule has 2 aliphatic rings. The van der Waals surface area contributed by atoms with Gasteiger partial charge in [-0.25, -0.2) is 0 Å². The number of anilines is 1. The number of hydrogen-bond acceptors (Lipinski definition) is 5. The number of benzene rings is 2. The number of fused-ring (bicyclic) bond motifs is 2. The maximum atomic E-state index is 6.45. The molecule has 4 aromatic rings. The fourth-order valence-electron chi connectivity index (χ4n) is 6.14. The molecule has 2 fully saturated rings. The quantitative estimate of drug-likeness (QED) is 0.331. The van der Waals surface area contributed by atoms with Crippen molar-refractivity contribution in [3.05, 3.63) is 65.5 Å². The van der Waals surface area contributed by atoms with E-state index in [9.17, 15) is 0 Å². The predicted molar refractivity (Wildman–Crippen MR) is 138 cm³/mol. The van der Waals surface area contributed by atoms with Crippen molar-refractivity contribution in [1.29, 1.82) is 0 Å². The van der Waals surface area contributed by atoms with E-state index < -0.39 is 0 Å². The van der Waals surface area contributed by atoms with Gasteiger partial charge in [-0.3, -0.25) is 9.88 Å². The van der Waals surface area contributed by atoms with Gasteiger partial charge in [0.1, 0.15) is 11.3 Å². The second-order valence-electron chi connectivity index (χ2n) is 9.54. The van der Waals surface area contributed by atoms with Gasteiger partial charge in [0.15, 0.2) is 0 Å². The zero-order valence-electron chi connectivity index (χ0n) is 19.6. The molecule has 0 N–H and O–H groups in total. The van der Waals surface area contributed by atoms with Gasteiger partial charge in [0.25, 0.3) is 0 Å². The van der Waals surface area contributed by atoms with E-state index in [-0.39, 0.29) is 5.54 Å². The van der Waals surface area contributed by atoms with E-state index in [4.69, 9.17) is 20.8 Å². The fourth-order valence-corrected chi connectivity index (χ4v) is 6.36. The first-order valence-corrected chi connectivity index (χ1v) is 12.7. The second-order valence-corrected chi connectivity index (χ2v) is 9.95. The van der Waals surface area contributed by atoms with Crippen LogP contribution in [-0.4, -0.2) is 43.2 Å². The Kier molecular flexibility index (Phi) is 5.62. The molecule has 2 aromatic heterocycles. The largest absolute Gasteiger partial charge is 0.497 e. The number of halogens is 1. The highest BCUT2D eigenvalue weighted by molar-refractivity contribution is 6.35. The Morgan fingerprint density at radius 2 is 1.79 bits per heavy atom. The molecule has 176 valence electrons. The lowest BCUT2D eigenvalue weighted by atomic mass is 9.74. The number of pyridine rings is 1. The molecule has 0 unspecified atom stereocenters. The number of methoxy groups -OCH3 is 1. The molecule has 1 aliphatic heterocycles. The number of rotatable bonds is 4. The van der Waals surface area contributed by atoms with Crippen LogP contribution in [0.1, 0.15) is 37.7 Å². The minimum absolute atomic E-state index is 0.0161. The molecule has 34 heavy (non-hydrogen) atoms. The van der Waals surface area contributed by atoms with Gasteiger partial charge in [-0.2, -0.15) is 0 Å². The van der Waals surface area contributed by atoms with E-state index in [1.807, 2.05) is 36.7 Å². The van der Waals surface area contributed by atoms with Crippen molar-refractivity contribution < 1.29 is 9.15 Å². The molecular formula is C28H30ClN3O2. The Labute approximate surface area is 205 Å². The van der Waals surface area contributed by atoms with Crippen LogP contribution in [-0.2, 0) is 5.54 Å². The first-order valence-electron chi connectivity index (χ1n) is 12.3. The first-order chi connectivity index (χ1) is 16.7. The molecule has 2 aromatic carbocycles. The minimum atomic E-state index is 0.0161. The summed E-state index contributed by atoms with van der Waals surface area (Å²) in [6.07, 6.45) is 10.0. The van der Waals surface area contributed by atoms with Crippen LogP contribution in [0.5, 0.6) is 5.75 Å². The molecule has 5 nitrogen and oxygen atoms in total. The third kappa shape index (κ3) is 3.53. The summed E-state index contributed by atoms with van der Waals surface area (Å²) in [5.74, 6) is 0.882. The second kappa shape index (κ2) is 8.79. The molecule has 1 aliphatic carbocycles. The summed E-state index contributed by atoms with van der Waals surface area (Å²) in [7, 11) is 1.73. The predicted octanol–water partition coefficient (Wildman–Crippen LogP) is 6.62. The summed E-state index contributed by atoms with van der Waals surface area (Å²) >= 11 is 6.45. The number of nitrogens with zero attached hydrogens (tertiary/aromatic N) is 3. The smallest absolute Gasteiger partial charge is 0.134 e. The number of aromatic nitrogens is 1. The third-order valence-electron chi connectivity index (χ3n) is 7.88. The first kappa shape index (κ1) is 21.8. The summed E-state index contributed by atoms with van der Waals surface area (Å²) in [6, 6.07) is 14.3. The van der Waals surface area contributed by atoms with Crippen LogP contribution in [0, 0.1) is 0 Å². The average molecular weight is 476 g/mol. The van der Waals surface area contributed by atoms with E-state index in [0.29, 0.717) is 0 Å². The standard InChI is InChI=1S/C28H30ClN3O2/c1-33-20-7-10-26-22(18-20)23(19-34-26)28(11-3-2-4-12-28)32-16-14-31(15-17-32)25-9-8-24(29)21-6-5-13-30-27(21)25/h5-10,13,18-19H,2-4,11-12,14-17H2,1H3. The Morgan fingerprint density at radius 1 is 0.971 bits per heavy atom. The molecule has 0 amide bonds. The maximum Gasteiger partial charge on any atom is 0.134 e. The molecule has 3 heterocycles. The van der Waals surface area contributed by atoms with Crippen LogP contribution in [0.3, 0.4) is 0 Å². The van der Waals surface area contributed by atoms with Crippen LogP contribution in [0.25, 0.3) is 21.9 Å². The highest BCUT2D eigenvalue weighted by Crippen LogP contribution is 2.46. The number of ether oxygens (including phenoxy) is 1. The lowest BCUT2D eigenvalue weighted by Gasteiger charge is -2.50. The van der Waals surface area contributed by atoms with E-state index in [1.54, 1.807) is 7.11 Å². The lowest BCUT2D eigenvalue weighted by molar-refractivity contribution is 0.0422. The van der Waals surface area contributed by atoms with Crippen molar-refractivity contribution in [1.82, 2.24) is 9.88 Å². The lowest BCUT2D eigenvalue weighted by Crippen LogP contribution is -2.56. The molecule has 0 radical (unpaired) electrons. The van der Waals surface area contributed by atoms with Crippen LogP contribution in [0.15, 0.2) is 59.3 Å². The number of furan rings is 1. The molecule has 0 atom stereocenters. The molecule has 1 saturated heterocycles. The van der Waals surface area contributed by atoms with Crippen molar-refractivity contribution in [2.24, 2.45) is 0 Å². The average Bonchev–Trinajstić information content (AvgIpc) is 3.33. The molecule has 0 spiro atoms. The normalized spacial score (nSPS) is 19.1. The Morgan fingerprint density at radius 3 is 2.59 bits per heavy atom. The van der Waals surface area contributed by atoms with Gasteiger partial charge < -0.3 is 14.1 Å². The monoisotopic (exact) mass is 475 g/mol. The number of hydrogen-bond donors (Lipinski definition) is 0. The summed E-state index contributed by atoms with van der Waals surface area (Å²) in [5.41, 5.74) is 4.45. The number of piperazine rings is 1. The van der Waals surface area contributed by atoms with E-state index in [1.165, 1.54) is 48.7 Å². The van der Waals surface area contributed by atoms with Gasteiger partial charge in [-0.05, 0) is 55.3 Å². The minimum Gasteiger partial charge on any atom is -0.497 e. The van der Waals surface area contributed by atoms with Gasteiger partial charge in [-0.1, -0.05) is 30.9 Å². The maximum absolute atomic E-state index is 6.45. The summed E-state index contributed by atoms with van der Waals surface area (Å²) in [5, 5.41) is 2.97. The summed E-state index contributed by atoms with van der Waals surface area (Å²) in [4.78, 5) is 9.85. The van der Waals surface area contributed by atoms with E-state index >= 15 is 0 Å². The third-order valence-corrected chi connectivity index (χ3v) is 8.21. The van der Waals surface area contributed by atoms with Crippen LogP contribution in [0.4, 0.5) is 5.69 Å². The SMILES string of the molecule is COc1ccc2occ(C3(N4CCN(c5ccc(Cl)c6cccnc56)CC4)CCCCC3)c2c1. The molecule has 1 saturated carbocycles. The molecule has 6 heteroatoms. The topological polar surface area (TPSA) is 41.7 Å². The van der Waals surface area contributed by atoms with Crippen LogP contribution in [0.2, 0.25) is 5.02 Å². The Bertz CT molecular complexity index is 1320. The highest BCUT2D eigenvalue weighted by Gasteiger charge is 2.43. The van der Waals surface area contributed by atoms with Crippen LogP contribution >= 0.6 is 11.6 Å². The van der Waals surface area contributed by atoms with Gasteiger partial charge >= 0.3 is 0 Å². The zero-order valence-corrected chi connectivity index (χ0v) is 20.4. The van der Waals surface area contributed by atoms with Crippen molar-refractivity contribution in [3.8, 4) is 5.75 Å². The summed E-state index contributed by atoms with van der Waals surface area (Å²) in [6.45, 7) is 3.95.